The van der Waals surface area contributed by atoms with Gasteiger partial charge >= 0.3 is 0 Å². The highest BCUT2D eigenvalue weighted by Gasteiger charge is 2.30. The van der Waals surface area contributed by atoms with Crippen LogP contribution in [0.5, 0.6) is 0 Å². The lowest BCUT2D eigenvalue weighted by molar-refractivity contribution is 0.180. The number of aromatic nitrogens is 1. The molecule has 11 heteroatoms. The van der Waals surface area contributed by atoms with E-state index >= 15 is 0 Å². The molecule has 0 radical (unpaired) electrons. The molecule has 0 bridgehead atoms. The van der Waals surface area contributed by atoms with Gasteiger partial charge in [-0.25, -0.2) is 21.1 Å². The third-order valence-corrected chi connectivity index (χ3v) is 8.18. The summed E-state index contributed by atoms with van der Waals surface area (Å²) in [5, 5.41) is 3.64. The predicted molar refractivity (Wildman–Crippen MR) is 87.1 cm³/mol. The second-order valence-corrected chi connectivity index (χ2v) is 10.1. The molecule has 0 spiro atoms. The fourth-order valence-electron chi connectivity index (χ4n) is 3.02. The Morgan fingerprint density at radius 3 is 2.46 bits per heavy atom. The van der Waals surface area contributed by atoms with E-state index < -0.39 is 20.0 Å². The second-order valence-electron chi connectivity index (χ2n) is 6.06. The van der Waals surface area contributed by atoms with E-state index in [2.05, 4.69) is 14.6 Å². The van der Waals surface area contributed by atoms with Crippen LogP contribution in [0.3, 0.4) is 0 Å². The van der Waals surface area contributed by atoms with Crippen molar-refractivity contribution in [1.29, 1.82) is 0 Å². The average molecular weight is 378 g/mol. The van der Waals surface area contributed by atoms with Crippen LogP contribution in [0, 0.1) is 0 Å². The van der Waals surface area contributed by atoms with Gasteiger partial charge in [0.05, 0.1) is 11.4 Å². The van der Waals surface area contributed by atoms with Crippen LogP contribution < -0.4 is 0 Å². The Hall–Kier alpha value is -1.01. The van der Waals surface area contributed by atoms with Crippen LogP contribution >= 0.6 is 0 Å². The zero-order chi connectivity index (χ0) is 17.2. The van der Waals surface area contributed by atoms with E-state index in [1.54, 1.807) is 6.07 Å². The maximum Gasteiger partial charge on any atom is 0.220 e. The molecule has 0 aliphatic carbocycles. The first-order valence-corrected chi connectivity index (χ1v) is 11.2. The molecule has 0 atom stereocenters. The molecular weight excluding hydrogens is 356 g/mol. The van der Waals surface area contributed by atoms with Gasteiger partial charge in [-0.05, 0) is 6.42 Å². The number of nitrogens with zero attached hydrogens (tertiary/aromatic N) is 4. The third-order valence-electron chi connectivity index (χ3n) is 4.42. The Labute approximate surface area is 142 Å². The molecule has 2 aliphatic rings. The first kappa shape index (κ1) is 17.8. The van der Waals surface area contributed by atoms with Gasteiger partial charge in [0, 0.05) is 51.9 Å². The molecule has 136 valence electrons. The third kappa shape index (κ3) is 4.14. The van der Waals surface area contributed by atoms with Crippen LogP contribution in [0.25, 0.3) is 0 Å². The molecular formula is C13H22N4O5S2. The molecule has 0 amide bonds. The van der Waals surface area contributed by atoms with Gasteiger partial charge in [-0.3, -0.25) is 4.90 Å². The highest BCUT2D eigenvalue weighted by Crippen LogP contribution is 2.15. The molecule has 0 saturated carbocycles. The summed E-state index contributed by atoms with van der Waals surface area (Å²) >= 11 is 0. The Bertz CT molecular complexity index is 739. The Morgan fingerprint density at radius 1 is 1.12 bits per heavy atom. The van der Waals surface area contributed by atoms with E-state index in [1.165, 1.54) is 14.9 Å². The molecule has 2 aliphatic heterocycles. The highest BCUT2D eigenvalue weighted by molar-refractivity contribution is 7.89. The largest absolute Gasteiger partial charge is 0.364 e. The topological polar surface area (TPSA) is 104 Å². The summed E-state index contributed by atoms with van der Waals surface area (Å²) in [4.78, 5) is 2.11. The van der Waals surface area contributed by atoms with Crippen LogP contribution in [0.1, 0.15) is 12.1 Å². The molecule has 0 unspecified atom stereocenters. The zero-order valence-corrected chi connectivity index (χ0v) is 15.0. The van der Waals surface area contributed by atoms with Crippen LogP contribution in [0.15, 0.2) is 16.9 Å². The van der Waals surface area contributed by atoms with Gasteiger partial charge in [0.25, 0.3) is 0 Å². The van der Waals surface area contributed by atoms with Crippen LogP contribution in [0.4, 0.5) is 0 Å². The fourth-order valence-corrected chi connectivity index (χ4v) is 5.96. The predicted octanol–water partition coefficient (Wildman–Crippen LogP) is -0.842. The molecule has 1 aromatic rings. The maximum atomic E-state index is 12.3. The fraction of sp³-hybridized carbons (Fsp3) is 0.769. The van der Waals surface area contributed by atoms with Crippen molar-refractivity contribution in [3.05, 3.63) is 18.0 Å². The average Bonchev–Trinajstić information content (AvgIpc) is 3.14. The summed E-state index contributed by atoms with van der Waals surface area (Å²) in [6.45, 7) is 3.73. The van der Waals surface area contributed by atoms with E-state index in [4.69, 9.17) is 0 Å². The van der Waals surface area contributed by atoms with Gasteiger partial charge in [0.2, 0.25) is 20.0 Å². The van der Waals surface area contributed by atoms with E-state index in [0.717, 1.165) is 0 Å². The van der Waals surface area contributed by atoms with Crippen molar-refractivity contribution in [3.8, 4) is 0 Å². The van der Waals surface area contributed by atoms with Gasteiger partial charge in [-0.2, -0.15) is 4.31 Å². The van der Waals surface area contributed by atoms with Crippen molar-refractivity contribution in [2.45, 2.75) is 12.2 Å². The Kier molecular flexibility index (Phi) is 5.25. The quantitative estimate of drug-likeness (QED) is 0.635. The van der Waals surface area contributed by atoms with Gasteiger partial charge in [0.1, 0.15) is 12.0 Å². The lowest BCUT2D eigenvalue weighted by Crippen LogP contribution is -2.50. The summed E-state index contributed by atoms with van der Waals surface area (Å²) in [5.41, 5.74) is 0.400. The molecule has 2 fully saturated rings. The molecule has 1 aromatic heterocycles. The summed E-state index contributed by atoms with van der Waals surface area (Å²) in [6.07, 6.45) is 2.05. The van der Waals surface area contributed by atoms with Crippen molar-refractivity contribution in [2.75, 3.05) is 51.6 Å². The molecule has 0 aromatic carbocycles. The highest BCUT2D eigenvalue weighted by atomic mass is 32.2. The van der Waals surface area contributed by atoms with Gasteiger partial charge in [0.15, 0.2) is 0 Å². The summed E-state index contributed by atoms with van der Waals surface area (Å²) in [6, 6.07) is 1.55. The normalized spacial score (nSPS) is 23.7. The molecule has 9 nitrogen and oxygen atoms in total. The standard InChI is InChI=1S/C13H22N4O5S2/c18-23(19)11-1-3-16(23)7-4-15-5-8-17(9-6-15)24(20,21)12-13-2-10-22-14-13/h2,10H,1,3-9,11-12H2. The van der Waals surface area contributed by atoms with Crippen LogP contribution in [0.2, 0.25) is 0 Å². The van der Waals surface area contributed by atoms with E-state index in [-0.39, 0.29) is 11.5 Å². The second kappa shape index (κ2) is 7.08. The first-order valence-electron chi connectivity index (χ1n) is 7.94. The van der Waals surface area contributed by atoms with E-state index in [0.29, 0.717) is 57.9 Å². The SMILES string of the molecule is O=S1(=O)CCCN1CCN1CCN(S(=O)(=O)Cc2ccon2)CC1. The van der Waals surface area contributed by atoms with Crippen LogP contribution in [-0.4, -0.2) is 87.1 Å². The number of hydrogen-bond donors (Lipinski definition) is 0. The first-order chi connectivity index (χ1) is 11.4. The van der Waals surface area contributed by atoms with Crippen LogP contribution in [-0.2, 0) is 25.8 Å². The van der Waals surface area contributed by atoms with Crippen molar-refractivity contribution in [1.82, 2.24) is 18.7 Å². The Balaban J connectivity index is 1.47. The van der Waals surface area contributed by atoms with Gasteiger partial charge < -0.3 is 4.52 Å². The number of rotatable bonds is 6. The molecule has 3 rings (SSSR count). The molecule has 24 heavy (non-hydrogen) atoms. The van der Waals surface area contributed by atoms with Gasteiger partial charge in [-0.1, -0.05) is 5.16 Å². The summed E-state index contributed by atoms with van der Waals surface area (Å²) in [5.74, 6) is 0.0800. The van der Waals surface area contributed by atoms with E-state index in [1.807, 2.05) is 0 Å². The summed E-state index contributed by atoms with van der Waals surface area (Å²) in [7, 11) is -6.47. The van der Waals surface area contributed by atoms with Gasteiger partial charge in [-0.15, -0.1) is 0 Å². The number of sulfonamides is 2. The molecule has 3 heterocycles. The maximum absolute atomic E-state index is 12.3. The lowest BCUT2D eigenvalue weighted by Gasteiger charge is -2.34. The minimum absolute atomic E-state index is 0.157. The van der Waals surface area contributed by atoms with Crippen molar-refractivity contribution in [3.63, 3.8) is 0 Å². The monoisotopic (exact) mass is 378 g/mol. The Morgan fingerprint density at radius 2 is 1.88 bits per heavy atom. The number of piperazine rings is 1. The van der Waals surface area contributed by atoms with Crippen molar-refractivity contribution >= 4 is 20.0 Å². The molecule has 0 N–H and O–H groups in total. The molecule has 2 saturated heterocycles. The van der Waals surface area contributed by atoms with Crippen molar-refractivity contribution < 1.29 is 21.4 Å². The zero-order valence-electron chi connectivity index (χ0n) is 13.4. The summed E-state index contributed by atoms with van der Waals surface area (Å²) < 4.78 is 55.9. The van der Waals surface area contributed by atoms with E-state index in [9.17, 15) is 16.8 Å². The minimum atomic E-state index is -3.40. The minimum Gasteiger partial charge on any atom is -0.364 e. The number of hydrogen-bond acceptors (Lipinski definition) is 7. The lowest BCUT2D eigenvalue weighted by atomic mass is 10.3. The van der Waals surface area contributed by atoms with Crippen molar-refractivity contribution in [2.24, 2.45) is 0 Å². The smallest absolute Gasteiger partial charge is 0.220 e.